The van der Waals surface area contributed by atoms with Gasteiger partial charge < -0.3 is 29.2 Å². The van der Waals surface area contributed by atoms with Crippen LogP contribution < -0.4 is 19.5 Å². The zero-order chi connectivity index (χ0) is 29.0. The van der Waals surface area contributed by atoms with Crippen molar-refractivity contribution in [1.82, 2.24) is 15.1 Å². The fourth-order valence-electron chi connectivity index (χ4n) is 4.88. The molecule has 0 unspecified atom stereocenters. The molecule has 1 N–H and O–H groups in total. The maximum absolute atomic E-state index is 14.1. The Morgan fingerprint density at radius 1 is 0.878 bits per heavy atom. The van der Waals surface area contributed by atoms with Crippen LogP contribution in [0.2, 0.25) is 0 Å². The highest BCUT2D eigenvalue weighted by Crippen LogP contribution is 2.29. The number of hydrogen-bond donors (Lipinski definition) is 1. The van der Waals surface area contributed by atoms with E-state index in [0.717, 1.165) is 35.5 Å². The summed E-state index contributed by atoms with van der Waals surface area (Å²) in [5, 5.41) is 3.09. The number of nitrogens with zero attached hydrogens (tertiary/aromatic N) is 2. The van der Waals surface area contributed by atoms with Crippen LogP contribution in [0, 0.1) is 0 Å². The van der Waals surface area contributed by atoms with Gasteiger partial charge in [-0.3, -0.25) is 14.5 Å². The molecule has 4 rings (SSSR count). The standard InChI is InChI=1S/C32H39N3O6/c1-38-27-12-9-24(10-13-27)23-35(30(36)22-25-11-14-28(39-2)29(21-25)40-3)31(26-7-5-4-6-8-26)32(37)33-15-16-34-17-19-41-20-18-34/h4-14,21,31H,15-20,22-23H2,1-3H3,(H,33,37)/t31-/m1/s1. The maximum Gasteiger partial charge on any atom is 0.247 e. The van der Waals surface area contributed by atoms with Gasteiger partial charge in [-0.05, 0) is 41.0 Å². The van der Waals surface area contributed by atoms with Crippen molar-refractivity contribution in [3.63, 3.8) is 0 Å². The van der Waals surface area contributed by atoms with Crippen molar-refractivity contribution in [3.05, 3.63) is 89.5 Å². The molecule has 1 saturated heterocycles. The van der Waals surface area contributed by atoms with Gasteiger partial charge in [0.2, 0.25) is 11.8 Å². The van der Waals surface area contributed by atoms with Gasteiger partial charge in [0.1, 0.15) is 11.8 Å². The fraction of sp³-hybridized carbons (Fsp3) is 0.375. The number of carbonyl (C=O) groups is 2. The van der Waals surface area contributed by atoms with Gasteiger partial charge >= 0.3 is 0 Å². The molecule has 0 saturated carbocycles. The number of rotatable bonds is 13. The number of methoxy groups -OCH3 is 3. The van der Waals surface area contributed by atoms with Crippen LogP contribution in [-0.2, 0) is 27.3 Å². The van der Waals surface area contributed by atoms with E-state index in [2.05, 4.69) is 10.2 Å². The monoisotopic (exact) mass is 561 g/mol. The average molecular weight is 562 g/mol. The largest absolute Gasteiger partial charge is 0.497 e. The van der Waals surface area contributed by atoms with Gasteiger partial charge in [0.05, 0.1) is 41.0 Å². The number of hydrogen-bond acceptors (Lipinski definition) is 7. The molecule has 1 aliphatic heterocycles. The van der Waals surface area contributed by atoms with Gasteiger partial charge in [-0.2, -0.15) is 0 Å². The quantitative estimate of drug-likeness (QED) is 0.342. The molecule has 9 nitrogen and oxygen atoms in total. The first-order valence-corrected chi connectivity index (χ1v) is 13.8. The SMILES string of the molecule is COc1ccc(CN(C(=O)Cc2ccc(OC)c(OC)c2)[C@@H](C(=O)NCCN2CCOCC2)c2ccccc2)cc1. The Balaban J connectivity index is 1.62. The summed E-state index contributed by atoms with van der Waals surface area (Å²) in [4.78, 5) is 31.8. The molecule has 1 atom stereocenters. The number of morpholine rings is 1. The summed E-state index contributed by atoms with van der Waals surface area (Å²) in [6, 6.07) is 21.6. The molecule has 2 amide bonds. The highest BCUT2D eigenvalue weighted by molar-refractivity contribution is 5.89. The van der Waals surface area contributed by atoms with Crippen LogP contribution in [0.4, 0.5) is 0 Å². The van der Waals surface area contributed by atoms with E-state index in [1.54, 1.807) is 38.4 Å². The number of ether oxygens (including phenoxy) is 4. The van der Waals surface area contributed by atoms with Crippen LogP contribution in [0.3, 0.4) is 0 Å². The summed E-state index contributed by atoms with van der Waals surface area (Å²) in [5.41, 5.74) is 2.38. The smallest absolute Gasteiger partial charge is 0.247 e. The summed E-state index contributed by atoms with van der Waals surface area (Å²) < 4.78 is 21.5. The normalized spacial score (nSPS) is 14.1. The van der Waals surface area contributed by atoms with Gasteiger partial charge in [0, 0.05) is 32.7 Å². The second kappa shape index (κ2) is 15.1. The molecule has 3 aromatic carbocycles. The molecule has 1 aliphatic rings. The van der Waals surface area contributed by atoms with Crippen molar-refractivity contribution in [2.75, 3.05) is 60.7 Å². The Bertz CT molecular complexity index is 1260. The van der Waals surface area contributed by atoms with Crippen molar-refractivity contribution in [2.24, 2.45) is 0 Å². The molecule has 9 heteroatoms. The molecule has 0 radical (unpaired) electrons. The van der Waals surface area contributed by atoms with Crippen molar-refractivity contribution in [2.45, 2.75) is 19.0 Å². The van der Waals surface area contributed by atoms with Crippen molar-refractivity contribution < 1.29 is 28.5 Å². The average Bonchev–Trinajstić information content (AvgIpc) is 3.02. The predicted octanol–water partition coefficient (Wildman–Crippen LogP) is 3.47. The number of amides is 2. The van der Waals surface area contributed by atoms with E-state index in [1.807, 2.05) is 60.7 Å². The molecule has 3 aromatic rings. The van der Waals surface area contributed by atoms with Gasteiger partial charge in [-0.15, -0.1) is 0 Å². The summed E-state index contributed by atoms with van der Waals surface area (Å²) >= 11 is 0. The molecular formula is C32H39N3O6. The zero-order valence-corrected chi connectivity index (χ0v) is 24.0. The van der Waals surface area contributed by atoms with Gasteiger partial charge in [0.25, 0.3) is 0 Å². The summed E-state index contributed by atoms with van der Waals surface area (Å²) in [5.74, 6) is 1.43. The number of nitrogens with one attached hydrogen (secondary N) is 1. The Labute approximate surface area is 241 Å². The van der Waals surface area contributed by atoms with E-state index in [4.69, 9.17) is 18.9 Å². The molecular weight excluding hydrogens is 522 g/mol. The van der Waals surface area contributed by atoms with E-state index < -0.39 is 6.04 Å². The fourth-order valence-corrected chi connectivity index (χ4v) is 4.88. The topological polar surface area (TPSA) is 89.6 Å². The van der Waals surface area contributed by atoms with Crippen LogP contribution in [-0.4, -0.2) is 82.3 Å². The summed E-state index contributed by atoms with van der Waals surface area (Å²) in [6.07, 6.45) is 0.0842. The van der Waals surface area contributed by atoms with E-state index in [0.29, 0.717) is 37.8 Å². The van der Waals surface area contributed by atoms with Crippen LogP contribution in [0.25, 0.3) is 0 Å². The number of benzene rings is 3. The molecule has 1 heterocycles. The molecule has 0 bridgehead atoms. The lowest BCUT2D eigenvalue weighted by Gasteiger charge is -2.32. The third-order valence-electron chi connectivity index (χ3n) is 7.14. The minimum absolute atomic E-state index is 0.0842. The van der Waals surface area contributed by atoms with Crippen molar-refractivity contribution >= 4 is 11.8 Å². The first-order valence-electron chi connectivity index (χ1n) is 13.8. The lowest BCUT2D eigenvalue weighted by molar-refractivity contribution is -0.141. The van der Waals surface area contributed by atoms with Gasteiger partial charge in [0.15, 0.2) is 11.5 Å². The molecule has 0 spiro atoms. The van der Waals surface area contributed by atoms with E-state index >= 15 is 0 Å². The van der Waals surface area contributed by atoms with Crippen LogP contribution >= 0.6 is 0 Å². The zero-order valence-electron chi connectivity index (χ0n) is 24.0. The molecule has 0 aliphatic carbocycles. The first kappa shape index (κ1) is 29.9. The second-order valence-electron chi connectivity index (χ2n) is 9.79. The Morgan fingerprint density at radius 2 is 1.56 bits per heavy atom. The second-order valence-corrected chi connectivity index (χ2v) is 9.79. The van der Waals surface area contributed by atoms with E-state index in [-0.39, 0.29) is 24.8 Å². The van der Waals surface area contributed by atoms with Crippen molar-refractivity contribution in [3.8, 4) is 17.2 Å². The Morgan fingerprint density at radius 3 is 2.22 bits per heavy atom. The third kappa shape index (κ3) is 8.22. The highest BCUT2D eigenvalue weighted by atomic mass is 16.5. The molecule has 0 aromatic heterocycles. The lowest BCUT2D eigenvalue weighted by atomic mass is 10.0. The van der Waals surface area contributed by atoms with Crippen LogP contribution in [0.5, 0.6) is 17.2 Å². The van der Waals surface area contributed by atoms with Gasteiger partial charge in [-0.1, -0.05) is 48.5 Å². The lowest BCUT2D eigenvalue weighted by Crippen LogP contribution is -2.46. The van der Waals surface area contributed by atoms with Crippen molar-refractivity contribution in [1.29, 1.82) is 0 Å². The molecule has 41 heavy (non-hydrogen) atoms. The Kier molecular flexibility index (Phi) is 11.0. The predicted molar refractivity (Wildman–Crippen MR) is 156 cm³/mol. The Hall–Kier alpha value is -4.08. The molecule has 1 fully saturated rings. The minimum atomic E-state index is -0.823. The first-order chi connectivity index (χ1) is 20.0. The van der Waals surface area contributed by atoms with Crippen LogP contribution in [0.15, 0.2) is 72.8 Å². The summed E-state index contributed by atoms with van der Waals surface area (Å²) in [6.45, 7) is 4.50. The van der Waals surface area contributed by atoms with E-state index in [9.17, 15) is 9.59 Å². The number of carbonyl (C=O) groups excluding carboxylic acids is 2. The summed E-state index contributed by atoms with van der Waals surface area (Å²) in [7, 11) is 4.74. The van der Waals surface area contributed by atoms with Gasteiger partial charge in [-0.25, -0.2) is 0 Å². The maximum atomic E-state index is 14.1. The minimum Gasteiger partial charge on any atom is -0.497 e. The van der Waals surface area contributed by atoms with Crippen LogP contribution in [0.1, 0.15) is 22.7 Å². The highest BCUT2D eigenvalue weighted by Gasteiger charge is 2.31. The molecule has 218 valence electrons. The van der Waals surface area contributed by atoms with E-state index in [1.165, 1.54) is 0 Å². The third-order valence-corrected chi connectivity index (χ3v) is 7.14.